The van der Waals surface area contributed by atoms with Gasteiger partial charge in [-0.1, -0.05) is 0 Å². The molecule has 0 aromatic carbocycles. The SMILES string of the molecule is CCOC(CCN(CS(=O)(=O)[O-])C(N)=O)OCC.[Na+]. The number of urea groups is 1. The molecule has 0 fully saturated rings. The fourth-order valence-electron chi connectivity index (χ4n) is 1.28. The third-order valence-electron chi connectivity index (χ3n) is 1.97. The number of nitrogens with zero attached hydrogens (tertiary/aromatic N) is 1. The zero-order chi connectivity index (χ0) is 14.2. The number of primary amides is 1. The predicted octanol–water partition coefficient (Wildman–Crippen LogP) is -3.34. The number of ether oxygens (including phenoxy) is 2. The van der Waals surface area contributed by atoms with Crippen LogP contribution in [0.1, 0.15) is 20.3 Å². The van der Waals surface area contributed by atoms with Gasteiger partial charge in [0.2, 0.25) is 0 Å². The molecule has 0 aromatic rings. The first-order chi connectivity index (χ1) is 8.30. The molecule has 0 aliphatic carbocycles. The molecule has 19 heavy (non-hydrogen) atoms. The van der Waals surface area contributed by atoms with E-state index in [0.29, 0.717) is 13.2 Å². The Morgan fingerprint density at radius 2 is 1.79 bits per heavy atom. The summed E-state index contributed by atoms with van der Waals surface area (Å²) in [5, 5.41) is 0. The average molecular weight is 306 g/mol. The molecule has 0 spiro atoms. The number of rotatable bonds is 9. The van der Waals surface area contributed by atoms with Crippen LogP contribution in [0.2, 0.25) is 0 Å². The van der Waals surface area contributed by atoms with E-state index in [9.17, 15) is 17.8 Å². The molecule has 10 heteroatoms. The van der Waals surface area contributed by atoms with Crippen LogP contribution in [0.5, 0.6) is 0 Å². The van der Waals surface area contributed by atoms with Gasteiger partial charge in [0.1, 0.15) is 16.0 Å². The molecule has 0 unspecified atom stereocenters. The summed E-state index contributed by atoms with van der Waals surface area (Å²) in [4.78, 5) is 11.7. The second kappa shape index (κ2) is 10.8. The van der Waals surface area contributed by atoms with E-state index in [1.165, 1.54) is 0 Å². The number of carbonyl (C=O) groups excluding carboxylic acids is 1. The molecule has 2 N–H and O–H groups in total. The van der Waals surface area contributed by atoms with Crippen LogP contribution in [0.3, 0.4) is 0 Å². The van der Waals surface area contributed by atoms with Crippen molar-refractivity contribution in [3.05, 3.63) is 0 Å². The number of hydrogen-bond donors (Lipinski definition) is 1. The minimum atomic E-state index is -4.55. The largest absolute Gasteiger partial charge is 1.00 e. The Morgan fingerprint density at radius 1 is 1.32 bits per heavy atom. The van der Waals surface area contributed by atoms with Crippen LogP contribution < -0.4 is 35.3 Å². The second-order valence-corrected chi connectivity index (χ2v) is 4.79. The van der Waals surface area contributed by atoms with Gasteiger partial charge in [-0.05, 0) is 13.8 Å². The second-order valence-electron chi connectivity index (χ2n) is 3.42. The molecule has 0 bridgehead atoms. The van der Waals surface area contributed by atoms with Crippen LogP contribution in [-0.2, 0) is 19.6 Å². The molecule has 0 radical (unpaired) electrons. The van der Waals surface area contributed by atoms with Crippen molar-refractivity contribution >= 4 is 16.1 Å². The standard InChI is InChI=1S/C9H20N2O6S.Na/c1-3-16-8(17-4-2)5-6-11(9(10)12)7-18(13,14)15;/h8H,3-7H2,1-2H3,(H2,10,12)(H,13,14,15);/q;+1/p-1. The summed E-state index contributed by atoms with van der Waals surface area (Å²) < 4.78 is 42.2. The van der Waals surface area contributed by atoms with Crippen LogP contribution in [0, 0.1) is 0 Å². The summed E-state index contributed by atoms with van der Waals surface area (Å²) in [5.41, 5.74) is 4.98. The van der Waals surface area contributed by atoms with Crippen molar-refractivity contribution in [2.75, 3.05) is 25.6 Å². The smallest absolute Gasteiger partial charge is 0.747 e. The van der Waals surface area contributed by atoms with Crippen LogP contribution in [0.4, 0.5) is 4.79 Å². The van der Waals surface area contributed by atoms with Gasteiger partial charge in [0.25, 0.3) is 0 Å². The third kappa shape index (κ3) is 11.6. The molecule has 0 saturated carbocycles. The molecule has 0 aromatic heterocycles. The maximum atomic E-state index is 11.0. The van der Waals surface area contributed by atoms with E-state index in [4.69, 9.17) is 15.2 Å². The average Bonchev–Trinajstić information content (AvgIpc) is 2.22. The Labute approximate surface area is 135 Å². The van der Waals surface area contributed by atoms with Crippen molar-refractivity contribution in [2.45, 2.75) is 26.6 Å². The van der Waals surface area contributed by atoms with Crippen molar-refractivity contribution in [3.63, 3.8) is 0 Å². The summed E-state index contributed by atoms with van der Waals surface area (Å²) in [5.74, 6) is -0.951. The van der Waals surface area contributed by atoms with Crippen molar-refractivity contribution in [1.82, 2.24) is 4.90 Å². The Hall–Kier alpha value is 0.1000. The summed E-state index contributed by atoms with van der Waals surface area (Å²) in [6.07, 6.45) is -0.323. The summed E-state index contributed by atoms with van der Waals surface area (Å²) in [6, 6.07) is -0.971. The normalized spacial score (nSPS) is 11.2. The van der Waals surface area contributed by atoms with Crippen LogP contribution in [-0.4, -0.2) is 55.8 Å². The van der Waals surface area contributed by atoms with Gasteiger partial charge in [-0.3, -0.25) is 0 Å². The van der Waals surface area contributed by atoms with Crippen LogP contribution >= 0.6 is 0 Å². The van der Waals surface area contributed by atoms with Crippen molar-refractivity contribution < 1.29 is 56.8 Å². The number of amides is 2. The van der Waals surface area contributed by atoms with Crippen LogP contribution in [0.15, 0.2) is 0 Å². The zero-order valence-electron chi connectivity index (χ0n) is 11.5. The number of nitrogens with two attached hydrogens (primary N) is 1. The van der Waals surface area contributed by atoms with Crippen molar-refractivity contribution in [2.24, 2.45) is 5.73 Å². The van der Waals surface area contributed by atoms with E-state index in [2.05, 4.69) is 0 Å². The molecule has 0 heterocycles. The van der Waals surface area contributed by atoms with Gasteiger partial charge in [-0.2, -0.15) is 0 Å². The maximum Gasteiger partial charge on any atom is 1.00 e. The summed E-state index contributed by atoms with van der Waals surface area (Å²) in [6.45, 7) is 4.36. The van der Waals surface area contributed by atoms with Crippen molar-refractivity contribution in [1.29, 1.82) is 0 Å². The molecule has 108 valence electrons. The molecule has 8 nitrogen and oxygen atoms in total. The van der Waals surface area contributed by atoms with Gasteiger partial charge in [0, 0.05) is 26.2 Å². The molecule has 0 aliphatic heterocycles. The Balaban J connectivity index is 0. The van der Waals surface area contributed by atoms with Gasteiger partial charge in [-0.15, -0.1) is 0 Å². The first kappa shape index (κ1) is 21.4. The number of carbonyl (C=O) groups is 1. The van der Waals surface area contributed by atoms with E-state index < -0.39 is 28.3 Å². The molecule has 0 atom stereocenters. The maximum absolute atomic E-state index is 11.0. The van der Waals surface area contributed by atoms with Gasteiger partial charge in [0.05, 0.1) is 0 Å². The van der Waals surface area contributed by atoms with Gasteiger partial charge in [-0.25, -0.2) is 13.2 Å². The van der Waals surface area contributed by atoms with Crippen LogP contribution in [0.25, 0.3) is 0 Å². The van der Waals surface area contributed by atoms with E-state index in [-0.39, 0.29) is 42.5 Å². The molecular formula is C9H19N2NaO6S. The summed E-state index contributed by atoms with van der Waals surface area (Å²) in [7, 11) is -4.55. The minimum absolute atomic E-state index is 0. The first-order valence-electron chi connectivity index (χ1n) is 5.51. The van der Waals surface area contributed by atoms with E-state index >= 15 is 0 Å². The number of hydrogen-bond acceptors (Lipinski definition) is 6. The molecule has 0 saturated heterocycles. The molecule has 2 amide bonds. The fourth-order valence-corrected chi connectivity index (χ4v) is 1.92. The fraction of sp³-hybridized carbons (Fsp3) is 0.889. The minimum Gasteiger partial charge on any atom is -0.747 e. The van der Waals surface area contributed by atoms with E-state index in [1.54, 1.807) is 13.8 Å². The van der Waals surface area contributed by atoms with E-state index in [0.717, 1.165) is 4.90 Å². The Morgan fingerprint density at radius 3 is 2.11 bits per heavy atom. The molecule has 0 aliphatic rings. The first-order valence-corrected chi connectivity index (χ1v) is 7.09. The van der Waals surface area contributed by atoms with Crippen molar-refractivity contribution in [3.8, 4) is 0 Å². The topological polar surface area (TPSA) is 122 Å². The van der Waals surface area contributed by atoms with Gasteiger partial charge < -0.3 is 24.7 Å². The van der Waals surface area contributed by atoms with E-state index in [1.807, 2.05) is 0 Å². The molecular weight excluding hydrogens is 287 g/mol. The summed E-state index contributed by atoms with van der Waals surface area (Å²) >= 11 is 0. The zero-order valence-corrected chi connectivity index (χ0v) is 14.3. The Kier molecular flexibility index (Phi) is 12.2. The molecule has 0 rings (SSSR count). The van der Waals surface area contributed by atoms with Gasteiger partial charge >= 0.3 is 35.6 Å². The Bertz CT molecular complexity index is 345. The predicted molar refractivity (Wildman–Crippen MR) is 62.5 cm³/mol. The quantitative estimate of drug-likeness (QED) is 0.270. The monoisotopic (exact) mass is 306 g/mol. The third-order valence-corrected chi connectivity index (χ3v) is 2.59. The van der Waals surface area contributed by atoms with Gasteiger partial charge in [0.15, 0.2) is 6.29 Å².